The van der Waals surface area contributed by atoms with Crippen LogP contribution in [0.3, 0.4) is 0 Å². The van der Waals surface area contributed by atoms with Gasteiger partial charge < -0.3 is 9.30 Å². The normalized spacial score (nSPS) is 10.5. The van der Waals surface area contributed by atoms with Crippen LogP contribution in [-0.2, 0) is 20.7 Å². The van der Waals surface area contributed by atoms with Crippen LogP contribution in [-0.4, -0.2) is 34.0 Å². The molecule has 0 radical (unpaired) electrons. The molecule has 2 aromatic carbocycles. The number of hydrogen-bond acceptors (Lipinski definition) is 6. The zero-order valence-electron chi connectivity index (χ0n) is 17.2. The van der Waals surface area contributed by atoms with Gasteiger partial charge in [-0.3, -0.25) is 14.9 Å². The molecule has 1 N–H and O–H groups in total. The van der Waals surface area contributed by atoms with Crippen molar-refractivity contribution in [2.24, 2.45) is 0 Å². The molecule has 1 amide bonds. The van der Waals surface area contributed by atoms with Gasteiger partial charge in [0.25, 0.3) is 5.91 Å². The number of ether oxygens (including phenoxy) is 1. The summed E-state index contributed by atoms with van der Waals surface area (Å²) in [4.78, 5) is 40.7. The molecule has 0 atom stereocenters. The van der Waals surface area contributed by atoms with Crippen LogP contribution >= 0.6 is 11.3 Å². The second kappa shape index (κ2) is 9.43. The number of rotatable bonds is 7. The Balaban J connectivity index is 1.66. The number of hydrogen-bond donors (Lipinski definition) is 1. The van der Waals surface area contributed by atoms with E-state index in [4.69, 9.17) is 4.74 Å². The first-order chi connectivity index (χ1) is 15.6. The number of carbonyl (C=O) groups excluding carboxylic acids is 3. The van der Waals surface area contributed by atoms with E-state index in [9.17, 15) is 14.4 Å². The number of amides is 1. The molecule has 4 rings (SSSR count). The average molecular weight is 446 g/mol. The Morgan fingerprint density at radius 2 is 1.91 bits per heavy atom. The predicted octanol–water partition coefficient (Wildman–Crippen LogP) is 4.43. The predicted molar refractivity (Wildman–Crippen MR) is 124 cm³/mol. The number of thiazole rings is 1. The molecule has 0 bridgehead atoms. The first-order valence-electron chi connectivity index (χ1n) is 9.87. The number of esters is 1. The van der Waals surface area contributed by atoms with Gasteiger partial charge in [0.05, 0.1) is 24.0 Å². The van der Waals surface area contributed by atoms with Gasteiger partial charge in [-0.05, 0) is 12.1 Å². The highest BCUT2D eigenvalue weighted by atomic mass is 32.1. The molecule has 160 valence electrons. The lowest BCUT2D eigenvalue weighted by Gasteiger charge is -2.04. The van der Waals surface area contributed by atoms with Gasteiger partial charge >= 0.3 is 5.97 Å². The van der Waals surface area contributed by atoms with Gasteiger partial charge in [0, 0.05) is 29.2 Å². The number of anilines is 1. The highest BCUT2D eigenvalue weighted by molar-refractivity contribution is 7.16. The summed E-state index contributed by atoms with van der Waals surface area (Å²) < 4.78 is 6.59. The second-order valence-electron chi connectivity index (χ2n) is 6.91. The zero-order valence-corrected chi connectivity index (χ0v) is 18.0. The maximum atomic E-state index is 13.1. The van der Waals surface area contributed by atoms with E-state index in [0.717, 1.165) is 27.0 Å². The number of nitrogens with one attached hydrogen (secondary N) is 1. The maximum Gasteiger partial charge on any atom is 0.302 e. The van der Waals surface area contributed by atoms with Crippen molar-refractivity contribution < 1.29 is 19.1 Å². The van der Waals surface area contributed by atoms with Crippen LogP contribution in [0.5, 0.6) is 0 Å². The molecule has 0 spiro atoms. The van der Waals surface area contributed by atoms with Crippen molar-refractivity contribution in [3.05, 3.63) is 71.2 Å². The molecule has 2 heterocycles. The number of fused-ring (bicyclic) bond motifs is 1. The fourth-order valence-electron chi connectivity index (χ4n) is 3.39. The van der Waals surface area contributed by atoms with Crippen LogP contribution in [0, 0.1) is 0 Å². The Morgan fingerprint density at radius 3 is 2.66 bits per heavy atom. The first kappa shape index (κ1) is 21.2. The quantitative estimate of drug-likeness (QED) is 0.336. The molecule has 32 heavy (non-hydrogen) atoms. The summed E-state index contributed by atoms with van der Waals surface area (Å²) >= 11 is 1.32. The summed E-state index contributed by atoms with van der Waals surface area (Å²) in [6, 6.07) is 18.7. The van der Waals surface area contributed by atoms with E-state index in [-0.39, 0.29) is 12.6 Å². The molecular weight excluding hydrogens is 426 g/mol. The lowest BCUT2D eigenvalue weighted by Crippen LogP contribution is -2.15. The lowest BCUT2D eigenvalue weighted by atomic mass is 10.1. The first-order valence-corrected chi connectivity index (χ1v) is 10.7. The molecule has 8 heteroatoms. The third kappa shape index (κ3) is 4.51. The van der Waals surface area contributed by atoms with Crippen LogP contribution in [0.1, 0.15) is 22.3 Å². The molecule has 2 aromatic heterocycles. The Bertz CT molecular complexity index is 1330. The van der Waals surface area contributed by atoms with Crippen molar-refractivity contribution >= 4 is 51.4 Å². The molecule has 0 aliphatic heterocycles. The SMILES string of the molecule is CC(=O)OCCc1sc(NC(=O)c2cc3ccccc3n2C=C=O)nc1-c1ccccc1. The summed E-state index contributed by atoms with van der Waals surface area (Å²) in [5.74, 6) is 0.999. The van der Waals surface area contributed by atoms with Crippen LogP contribution < -0.4 is 5.32 Å². The summed E-state index contributed by atoms with van der Waals surface area (Å²) in [5, 5.41) is 4.08. The van der Waals surface area contributed by atoms with Crippen molar-refractivity contribution in [3.8, 4) is 11.3 Å². The van der Waals surface area contributed by atoms with E-state index < -0.39 is 5.91 Å². The standard InChI is InChI=1S/C24H19N3O4S/c1-16(29)31-14-11-21-22(17-7-3-2-4-8-17)25-24(32-21)26-23(30)20-15-18-9-5-6-10-19(18)27(20)12-13-28/h2-10,12,15H,11,14H2,1H3,(H,25,26,30). The molecule has 4 aromatic rings. The fourth-order valence-corrected chi connectivity index (χ4v) is 4.35. The molecule has 7 nitrogen and oxygen atoms in total. The lowest BCUT2D eigenvalue weighted by molar-refractivity contribution is -0.140. The van der Waals surface area contributed by atoms with Crippen molar-refractivity contribution in [2.45, 2.75) is 13.3 Å². The highest BCUT2D eigenvalue weighted by Gasteiger charge is 2.19. The zero-order chi connectivity index (χ0) is 22.5. The topological polar surface area (TPSA) is 90.3 Å². The summed E-state index contributed by atoms with van der Waals surface area (Å²) in [7, 11) is 0. The van der Waals surface area contributed by atoms with E-state index in [1.807, 2.05) is 54.6 Å². The van der Waals surface area contributed by atoms with Gasteiger partial charge in [0.15, 0.2) is 5.13 Å². The minimum absolute atomic E-state index is 0.225. The Kier molecular flexibility index (Phi) is 6.26. The Morgan fingerprint density at radius 1 is 1.16 bits per heavy atom. The number of benzene rings is 2. The minimum Gasteiger partial charge on any atom is -0.465 e. The largest absolute Gasteiger partial charge is 0.465 e. The molecule has 0 saturated heterocycles. The van der Waals surface area contributed by atoms with Crippen molar-refractivity contribution in [2.75, 3.05) is 11.9 Å². The summed E-state index contributed by atoms with van der Waals surface area (Å²) in [6.07, 6.45) is 1.67. The third-order valence-electron chi connectivity index (χ3n) is 4.76. The van der Waals surface area contributed by atoms with Crippen LogP contribution in [0.15, 0.2) is 60.7 Å². The third-order valence-corrected chi connectivity index (χ3v) is 5.79. The fraction of sp³-hybridized carbons (Fsp3) is 0.125. The second-order valence-corrected chi connectivity index (χ2v) is 7.99. The molecule has 0 saturated carbocycles. The van der Waals surface area contributed by atoms with Gasteiger partial charge in [0.2, 0.25) is 0 Å². The maximum absolute atomic E-state index is 13.1. The van der Waals surface area contributed by atoms with Crippen molar-refractivity contribution in [1.82, 2.24) is 9.55 Å². The van der Waals surface area contributed by atoms with Gasteiger partial charge in [-0.15, -0.1) is 11.3 Å². The molecule has 0 aliphatic carbocycles. The number of para-hydroxylation sites is 1. The van der Waals surface area contributed by atoms with Gasteiger partial charge in [-0.2, -0.15) is 0 Å². The van der Waals surface area contributed by atoms with Crippen LogP contribution in [0.4, 0.5) is 5.13 Å². The van der Waals surface area contributed by atoms with E-state index in [2.05, 4.69) is 10.3 Å². The van der Waals surface area contributed by atoms with Gasteiger partial charge in [-0.25, -0.2) is 9.78 Å². The van der Waals surface area contributed by atoms with Crippen LogP contribution in [0.2, 0.25) is 0 Å². The van der Waals surface area contributed by atoms with E-state index in [1.54, 1.807) is 12.0 Å². The number of nitrogens with zero attached hydrogens (tertiary/aromatic N) is 2. The summed E-state index contributed by atoms with van der Waals surface area (Å²) in [5.41, 5.74) is 2.66. The Hall–Kier alpha value is -4.00. The highest BCUT2D eigenvalue weighted by Crippen LogP contribution is 2.32. The monoisotopic (exact) mass is 445 g/mol. The van der Waals surface area contributed by atoms with Gasteiger partial charge in [-0.1, -0.05) is 48.5 Å². The van der Waals surface area contributed by atoms with E-state index in [1.165, 1.54) is 29.0 Å². The smallest absolute Gasteiger partial charge is 0.302 e. The van der Waals surface area contributed by atoms with E-state index >= 15 is 0 Å². The number of carbonyl (C=O) groups is 2. The molecular formula is C24H19N3O4S. The van der Waals surface area contributed by atoms with Crippen molar-refractivity contribution in [3.63, 3.8) is 0 Å². The molecule has 0 unspecified atom stereocenters. The van der Waals surface area contributed by atoms with E-state index in [0.29, 0.717) is 17.2 Å². The van der Waals surface area contributed by atoms with Gasteiger partial charge in [0.1, 0.15) is 11.6 Å². The average Bonchev–Trinajstić information content (AvgIpc) is 3.36. The molecule has 0 aliphatic rings. The Labute approximate surface area is 188 Å². The minimum atomic E-state index is -0.396. The van der Waals surface area contributed by atoms with Crippen molar-refractivity contribution in [1.29, 1.82) is 0 Å². The molecule has 0 fully saturated rings. The van der Waals surface area contributed by atoms with Crippen LogP contribution in [0.25, 0.3) is 28.4 Å². The number of aromatic nitrogens is 2. The summed E-state index contributed by atoms with van der Waals surface area (Å²) in [6.45, 7) is 1.59.